The zero-order valence-corrected chi connectivity index (χ0v) is 13.4. The average Bonchev–Trinajstić information content (AvgIpc) is 3.20. The molecule has 1 saturated heterocycles. The first-order valence-corrected chi connectivity index (χ1v) is 8.53. The van der Waals surface area contributed by atoms with Crippen LogP contribution in [0, 0.1) is 0 Å². The van der Waals surface area contributed by atoms with Crippen molar-refractivity contribution < 1.29 is 9.21 Å². The molecule has 1 aliphatic rings. The Morgan fingerprint density at radius 1 is 1.30 bits per heavy atom. The fraction of sp³-hybridized carbons (Fsp3) is 0.294. The molecule has 1 aliphatic heterocycles. The molecule has 1 atom stereocenters. The number of aromatic nitrogens is 1. The van der Waals surface area contributed by atoms with E-state index in [1.807, 2.05) is 30.3 Å². The normalized spacial score (nSPS) is 18.5. The number of nitrogens with two attached hydrogens (primary N) is 1. The predicted octanol–water partition coefficient (Wildman–Crippen LogP) is 3.12. The van der Waals surface area contributed by atoms with Gasteiger partial charge in [-0.3, -0.25) is 4.79 Å². The molecule has 6 heteroatoms. The Kier molecular flexibility index (Phi) is 3.63. The molecule has 2 aromatic heterocycles. The number of rotatable bonds is 2. The van der Waals surface area contributed by atoms with Gasteiger partial charge in [0, 0.05) is 19.1 Å². The smallest absolute Gasteiger partial charge is 0.289 e. The third kappa shape index (κ3) is 2.75. The fourth-order valence-electron chi connectivity index (χ4n) is 2.90. The van der Waals surface area contributed by atoms with Crippen LogP contribution in [0.25, 0.3) is 21.0 Å². The molecule has 0 saturated carbocycles. The lowest BCUT2D eigenvalue weighted by atomic mass is 10.1. The zero-order chi connectivity index (χ0) is 15.8. The van der Waals surface area contributed by atoms with Crippen LogP contribution in [0.5, 0.6) is 0 Å². The minimum absolute atomic E-state index is 0.0615. The number of furan rings is 1. The van der Waals surface area contributed by atoms with Gasteiger partial charge in [-0.05, 0) is 37.1 Å². The number of hydrogen-bond donors (Lipinski definition) is 1. The van der Waals surface area contributed by atoms with Crippen molar-refractivity contribution in [2.45, 2.75) is 18.9 Å². The van der Waals surface area contributed by atoms with Gasteiger partial charge in [0.2, 0.25) is 0 Å². The number of benzene rings is 1. The lowest BCUT2D eigenvalue weighted by Gasteiger charge is -2.29. The molecule has 0 aliphatic carbocycles. The van der Waals surface area contributed by atoms with E-state index in [1.54, 1.807) is 22.3 Å². The Bertz CT molecular complexity index is 821. The Morgan fingerprint density at radius 2 is 2.17 bits per heavy atom. The van der Waals surface area contributed by atoms with Gasteiger partial charge in [-0.25, -0.2) is 4.98 Å². The van der Waals surface area contributed by atoms with Crippen molar-refractivity contribution in [1.82, 2.24) is 9.88 Å². The highest BCUT2D eigenvalue weighted by atomic mass is 32.1. The number of carbonyl (C=O) groups excluding carboxylic acids is 1. The van der Waals surface area contributed by atoms with Gasteiger partial charge in [0.05, 0.1) is 10.2 Å². The maximum atomic E-state index is 12.5. The first-order valence-electron chi connectivity index (χ1n) is 7.71. The monoisotopic (exact) mass is 327 g/mol. The average molecular weight is 327 g/mol. The van der Waals surface area contributed by atoms with Crippen LogP contribution in [0.1, 0.15) is 23.4 Å². The second-order valence-corrected chi connectivity index (χ2v) is 6.83. The van der Waals surface area contributed by atoms with E-state index in [1.165, 1.54) is 0 Å². The second kappa shape index (κ2) is 5.79. The molecule has 0 spiro atoms. The lowest BCUT2D eigenvalue weighted by Crippen LogP contribution is -2.45. The summed E-state index contributed by atoms with van der Waals surface area (Å²) in [6.07, 6.45) is 1.91. The van der Waals surface area contributed by atoms with Gasteiger partial charge >= 0.3 is 0 Å². The summed E-state index contributed by atoms with van der Waals surface area (Å²) in [6.45, 7) is 1.33. The van der Waals surface area contributed by atoms with Crippen LogP contribution in [0.3, 0.4) is 0 Å². The highest BCUT2D eigenvalue weighted by Gasteiger charge is 2.25. The minimum atomic E-state index is -0.0903. The molecule has 1 fully saturated rings. The molecule has 5 nitrogen and oxygen atoms in total. The van der Waals surface area contributed by atoms with Crippen molar-refractivity contribution in [2.24, 2.45) is 5.73 Å². The minimum Gasteiger partial charge on any atom is -0.448 e. The number of nitrogens with zero attached hydrogens (tertiary/aromatic N) is 2. The standard InChI is InChI=1S/C17H17N3O2S/c18-11-4-3-9-20(10-11)17(21)14-8-7-13(22-14)16-19-12-5-1-2-6-15(12)23-16/h1-2,5-8,11H,3-4,9-10,18H2. The van der Waals surface area contributed by atoms with Gasteiger partial charge in [-0.1, -0.05) is 12.1 Å². The summed E-state index contributed by atoms with van der Waals surface area (Å²) in [6, 6.07) is 11.5. The molecular formula is C17H17N3O2S. The van der Waals surface area contributed by atoms with Crippen molar-refractivity contribution in [3.63, 3.8) is 0 Å². The summed E-state index contributed by atoms with van der Waals surface area (Å²) in [5, 5.41) is 0.792. The number of para-hydroxylation sites is 1. The highest BCUT2D eigenvalue weighted by molar-refractivity contribution is 7.21. The topological polar surface area (TPSA) is 72.4 Å². The second-order valence-electron chi connectivity index (χ2n) is 5.80. The summed E-state index contributed by atoms with van der Waals surface area (Å²) in [5.74, 6) is 0.900. The van der Waals surface area contributed by atoms with Gasteiger partial charge in [0.25, 0.3) is 5.91 Å². The van der Waals surface area contributed by atoms with Gasteiger partial charge in [-0.15, -0.1) is 11.3 Å². The number of likely N-dealkylation sites (tertiary alicyclic amines) is 1. The van der Waals surface area contributed by atoms with Crippen LogP contribution >= 0.6 is 11.3 Å². The summed E-state index contributed by atoms with van der Waals surface area (Å²) >= 11 is 1.56. The number of carbonyl (C=O) groups is 1. The molecular weight excluding hydrogens is 310 g/mol. The number of fused-ring (bicyclic) bond motifs is 1. The summed E-state index contributed by atoms with van der Waals surface area (Å²) in [4.78, 5) is 18.9. The fourth-order valence-corrected chi connectivity index (χ4v) is 3.82. The maximum absolute atomic E-state index is 12.5. The van der Waals surface area contributed by atoms with E-state index in [0.29, 0.717) is 18.1 Å². The van der Waals surface area contributed by atoms with Crippen LogP contribution in [0.15, 0.2) is 40.8 Å². The van der Waals surface area contributed by atoms with Crippen LogP contribution in [-0.2, 0) is 0 Å². The molecule has 3 heterocycles. The maximum Gasteiger partial charge on any atom is 0.289 e. The SMILES string of the molecule is NC1CCCN(C(=O)c2ccc(-c3nc4ccccc4s3)o2)C1. The van der Waals surface area contributed by atoms with Gasteiger partial charge in [0.1, 0.15) is 0 Å². The molecule has 2 N–H and O–H groups in total. The molecule has 0 bridgehead atoms. The van der Waals surface area contributed by atoms with Crippen LogP contribution in [0.2, 0.25) is 0 Å². The van der Waals surface area contributed by atoms with Crippen LogP contribution in [-0.4, -0.2) is 34.9 Å². The molecule has 118 valence electrons. The molecule has 1 amide bonds. The van der Waals surface area contributed by atoms with E-state index in [4.69, 9.17) is 10.2 Å². The van der Waals surface area contributed by atoms with E-state index in [-0.39, 0.29) is 11.9 Å². The number of amides is 1. The Labute approximate surface area is 137 Å². The van der Waals surface area contributed by atoms with Gasteiger partial charge in [-0.2, -0.15) is 0 Å². The van der Waals surface area contributed by atoms with Crippen molar-refractivity contribution in [1.29, 1.82) is 0 Å². The van der Waals surface area contributed by atoms with E-state index >= 15 is 0 Å². The van der Waals surface area contributed by atoms with E-state index < -0.39 is 0 Å². The van der Waals surface area contributed by atoms with E-state index in [2.05, 4.69) is 4.98 Å². The predicted molar refractivity (Wildman–Crippen MR) is 90.4 cm³/mol. The Morgan fingerprint density at radius 3 is 3.00 bits per heavy atom. The molecule has 23 heavy (non-hydrogen) atoms. The van der Waals surface area contributed by atoms with Gasteiger partial charge in [0.15, 0.2) is 16.5 Å². The Balaban J connectivity index is 1.59. The molecule has 3 aromatic rings. The quantitative estimate of drug-likeness (QED) is 0.785. The van der Waals surface area contributed by atoms with Gasteiger partial charge < -0.3 is 15.1 Å². The first-order chi connectivity index (χ1) is 11.2. The summed E-state index contributed by atoms with van der Waals surface area (Å²) in [5.41, 5.74) is 6.89. The molecule has 1 aromatic carbocycles. The van der Waals surface area contributed by atoms with Crippen molar-refractivity contribution >= 4 is 27.5 Å². The summed E-state index contributed by atoms with van der Waals surface area (Å²) in [7, 11) is 0. The lowest BCUT2D eigenvalue weighted by molar-refractivity contribution is 0.0677. The zero-order valence-electron chi connectivity index (χ0n) is 12.6. The summed E-state index contributed by atoms with van der Waals surface area (Å²) < 4.78 is 6.87. The highest BCUT2D eigenvalue weighted by Crippen LogP contribution is 2.31. The number of thiazole rings is 1. The Hall–Kier alpha value is -2.18. The van der Waals surface area contributed by atoms with E-state index in [9.17, 15) is 4.79 Å². The largest absolute Gasteiger partial charge is 0.448 e. The van der Waals surface area contributed by atoms with Crippen molar-refractivity contribution in [2.75, 3.05) is 13.1 Å². The molecule has 4 rings (SSSR count). The van der Waals surface area contributed by atoms with E-state index in [0.717, 1.165) is 34.6 Å². The van der Waals surface area contributed by atoms with Crippen molar-refractivity contribution in [3.05, 3.63) is 42.2 Å². The number of piperidine rings is 1. The third-order valence-electron chi connectivity index (χ3n) is 4.07. The third-order valence-corrected chi connectivity index (χ3v) is 5.12. The van der Waals surface area contributed by atoms with Crippen molar-refractivity contribution in [3.8, 4) is 10.8 Å². The first kappa shape index (κ1) is 14.4. The van der Waals surface area contributed by atoms with Crippen LogP contribution in [0.4, 0.5) is 0 Å². The number of hydrogen-bond acceptors (Lipinski definition) is 5. The van der Waals surface area contributed by atoms with Crippen LogP contribution < -0.4 is 5.73 Å². The molecule has 0 radical (unpaired) electrons. The molecule has 1 unspecified atom stereocenters.